The molecule has 0 saturated carbocycles. The summed E-state index contributed by atoms with van der Waals surface area (Å²) in [6, 6.07) is 5.89. The number of thiophene rings is 1. The minimum absolute atomic E-state index is 0.607. The number of hydrogen-bond acceptors (Lipinski definition) is 4. The fourth-order valence-electron chi connectivity index (χ4n) is 0.949. The molecular weight excluding hydrogens is 270 g/mol. The largest absolute Gasteiger partial charge is 0.355 e. The molecule has 0 aliphatic heterocycles. The Bertz CT molecular complexity index is 410. The molecule has 0 N–H and O–H groups in total. The van der Waals surface area contributed by atoms with E-state index < -0.39 is 0 Å². The Morgan fingerprint density at radius 2 is 2.38 bits per heavy atom. The van der Waals surface area contributed by atoms with Crippen molar-refractivity contribution in [3.05, 3.63) is 27.7 Å². The maximum Gasteiger partial charge on any atom is 0.177 e. The molecule has 68 valence electrons. The van der Waals surface area contributed by atoms with Gasteiger partial charge < -0.3 is 4.52 Å². The van der Waals surface area contributed by atoms with Gasteiger partial charge in [-0.1, -0.05) is 5.16 Å². The highest BCUT2D eigenvalue weighted by atomic mass is 79.9. The minimum atomic E-state index is 0.607. The smallest absolute Gasteiger partial charge is 0.177 e. The molecule has 0 spiro atoms. The summed E-state index contributed by atoms with van der Waals surface area (Å²) in [5.74, 6) is 1.41. The molecule has 2 aromatic rings. The molecule has 2 rings (SSSR count). The van der Waals surface area contributed by atoms with Crippen molar-refractivity contribution in [2.45, 2.75) is 5.75 Å². The Labute approximate surface area is 93.5 Å². The van der Waals surface area contributed by atoms with E-state index in [0.29, 0.717) is 5.75 Å². The van der Waals surface area contributed by atoms with Gasteiger partial charge in [0, 0.05) is 11.8 Å². The van der Waals surface area contributed by atoms with Crippen LogP contribution in [0.15, 0.2) is 26.5 Å². The highest BCUT2D eigenvalue weighted by molar-refractivity contribution is 9.11. The molecule has 0 unspecified atom stereocenters. The third kappa shape index (κ3) is 1.98. The third-order valence-corrected chi connectivity index (χ3v) is 3.50. The molecule has 0 aromatic carbocycles. The average Bonchev–Trinajstić information content (AvgIpc) is 2.71. The zero-order chi connectivity index (χ0) is 9.26. The first-order valence-electron chi connectivity index (χ1n) is 3.62. The second-order valence-corrected chi connectivity index (χ2v) is 5.22. The summed E-state index contributed by atoms with van der Waals surface area (Å²) in [6.45, 7) is 0. The Kier molecular flexibility index (Phi) is 2.76. The van der Waals surface area contributed by atoms with E-state index in [0.717, 1.165) is 20.1 Å². The molecule has 2 aromatic heterocycles. The van der Waals surface area contributed by atoms with Gasteiger partial charge in [-0.15, -0.1) is 11.3 Å². The van der Waals surface area contributed by atoms with Crippen LogP contribution in [-0.2, 0) is 5.75 Å². The molecule has 0 fully saturated rings. The summed E-state index contributed by atoms with van der Waals surface area (Å²) in [5.41, 5.74) is 0.864. The van der Waals surface area contributed by atoms with E-state index in [1.807, 2.05) is 18.2 Å². The lowest BCUT2D eigenvalue weighted by atomic mass is 10.3. The van der Waals surface area contributed by atoms with Crippen LogP contribution in [0.2, 0.25) is 0 Å². The second-order valence-electron chi connectivity index (χ2n) is 2.44. The molecule has 0 aliphatic rings. The van der Waals surface area contributed by atoms with Crippen molar-refractivity contribution in [2.24, 2.45) is 0 Å². The monoisotopic (exact) mass is 275 g/mol. The van der Waals surface area contributed by atoms with Gasteiger partial charge in [0.1, 0.15) is 0 Å². The Morgan fingerprint density at radius 3 is 2.92 bits per heavy atom. The van der Waals surface area contributed by atoms with E-state index >= 15 is 0 Å². The van der Waals surface area contributed by atoms with Gasteiger partial charge in [-0.3, -0.25) is 0 Å². The van der Waals surface area contributed by atoms with Crippen molar-refractivity contribution in [1.82, 2.24) is 5.16 Å². The molecular formula is C8H6BrNOS2. The summed E-state index contributed by atoms with van der Waals surface area (Å²) >= 11 is 9.13. The standard InChI is InChI=1S/C8H6BrNOS2/c9-8-2-1-7(13-8)6-3-5(4-12)10-11-6/h1-3,12H,4H2. The van der Waals surface area contributed by atoms with Crippen LogP contribution < -0.4 is 0 Å². The Hall–Kier alpha value is -0.260. The summed E-state index contributed by atoms with van der Waals surface area (Å²) in [7, 11) is 0. The summed E-state index contributed by atoms with van der Waals surface area (Å²) in [6.07, 6.45) is 0. The molecule has 0 radical (unpaired) electrons. The van der Waals surface area contributed by atoms with Crippen molar-refractivity contribution in [3.8, 4) is 10.6 Å². The van der Waals surface area contributed by atoms with E-state index in [9.17, 15) is 0 Å². The van der Waals surface area contributed by atoms with Crippen LogP contribution >= 0.6 is 39.9 Å². The van der Waals surface area contributed by atoms with E-state index in [2.05, 4.69) is 33.7 Å². The zero-order valence-corrected chi connectivity index (χ0v) is 9.82. The van der Waals surface area contributed by atoms with Gasteiger partial charge in [-0.05, 0) is 28.1 Å². The first-order valence-corrected chi connectivity index (χ1v) is 5.86. The van der Waals surface area contributed by atoms with Crippen molar-refractivity contribution in [2.75, 3.05) is 0 Å². The fraction of sp³-hybridized carbons (Fsp3) is 0.125. The first kappa shape index (κ1) is 9.30. The van der Waals surface area contributed by atoms with Crippen LogP contribution in [0.4, 0.5) is 0 Å². The molecule has 0 atom stereocenters. The normalized spacial score (nSPS) is 10.6. The average molecular weight is 276 g/mol. The molecule has 0 saturated heterocycles. The lowest BCUT2D eigenvalue weighted by Gasteiger charge is -1.83. The number of thiol groups is 1. The predicted octanol–water partition coefficient (Wildman–Crippen LogP) is 3.60. The van der Waals surface area contributed by atoms with Crippen LogP contribution in [0.5, 0.6) is 0 Å². The number of nitrogens with zero attached hydrogens (tertiary/aromatic N) is 1. The topological polar surface area (TPSA) is 26.0 Å². The van der Waals surface area contributed by atoms with Gasteiger partial charge in [0.2, 0.25) is 0 Å². The number of halogens is 1. The van der Waals surface area contributed by atoms with Crippen LogP contribution in [0, 0.1) is 0 Å². The Morgan fingerprint density at radius 1 is 1.54 bits per heavy atom. The number of hydrogen-bond donors (Lipinski definition) is 1. The molecule has 13 heavy (non-hydrogen) atoms. The first-order chi connectivity index (χ1) is 6.29. The highest BCUT2D eigenvalue weighted by Crippen LogP contribution is 2.31. The third-order valence-electron chi connectivity index (χ3n) is 1.54. The predicted molar refractivity (Wildman–Crippen MR) is 60.2 cm³/mol. The quantitative estimate of drug-likeness (QED) is 0.848. The highest BCUT2D eigenvalue weighted by Gasteiger charge is 2.07. The minimum Gasteiger partial charge on any atom is -0.355 e. The maximum absolute atomic E-state index is 5.15. The van der Waals surface area contributed by atoms with E-state index in [1.54, 1.807) is 11.3 Å². The van der Waals surface area contributed by atoms with Gasteiger partial charge in [-0.25, -0.2) is 0 Å². The van der Waals surface area contributed by atoms with Crippen LogP contribution in [0.1, 0.15) is 5.69 Å². The molecule has 2 nitrogen and oxygen atoms in total. The van der Waals surface area contributed by atoms with Crippen molar-refractivity contribution >= 4 is 39.9 Å². The molecule has 0 bridgehead atoms. The fourth-order valence-corrected chi connectivity index (χ4v) is 2.43. The Balaban J connectivity index is 2.35. The van der Waals surface area contributed by atoms with E-state index in [1.165, 1.54) is 0 Å². The number of aromatic nitrogens is 1. The summed E-state index contributed by atoms with van der Waals surface area (Å²) < 4.78 is 6.23. The van der Waals surface area contributed by atoms with Crippen LogP contribution in [0.3, 0.4) is 0 Å². The van der Waals surface area contributed by atoms with Gasteiger partial charge in [0.05, 0.1) is 14.4 Å². The second kappa shape index (κ2) is 3.86. The molecule has 5 heteroatoms. The number of rotatable bonds is 2. The summed E-state index contributed by atoms with van der Waals surface area (Å²) in [4.78, 5) is 1.08. The molecule has 2 heterocycles. The van der Waals surface area contributed by atoms with Gasteiger partial charge in [-0.2, -0.15) is 12.6 Å². The van der Waals surface area contributed by atoms with Crippen molar-refractivity contribution in [1.29, 1.82) is 0 Å². The van der Waals surface area contributed by atoms with Gasteiger partial charge in [0.25, 0.3) is 0 Å². The van der Waals surface area contributed by atoms with Crippen molar-refractivity contribution in [3.63, 3.8) is 0 Å². The molecule has 0 aliphatic carbocycles. The van der Waals surface area contributed by atoms with E-state index in [4.69, 9.17) is 4.52 Å². The molecule has 0 amide bonds. The van der Waals surface area contributed by atoms with Gasteiger partial charge >= 0.3 is 0 Å². The zero-order valence-electron chi connectivity index (χ0n) is 6.53. The van der Waals surface area contributed by atoms with Crippen molar-refractivity contribution < 1.29 is 4.52 Å². The van der Waals surface area contributed by atoms with E-state index in [-0.39, 0.29) is 0 Å². The summed E-state index contributed by atoms with van der Waals surface area (Å²) in [5, 5.41) is 3.86. The lowest BCUT2D eigenvalue weighted by molar-refractivity contribution is 0.427. The SMILES string of the molecule is SCc1cc(-c2ccc(Br)s2)on1. The van der Waals surface area contributed by atoms with Gasteiger partial charge in [0.15, 0.2) is 5.76 Å². The maximum atomic E-state index is 5.15. The lowest BCUT2D eigenvalue weighted by Crippen LogP contribution is -1.70. The van der Waals surface area contributed by atoms with Crippen LogP contribution in [0.25, 0.3) is 10.6 Å². The van der Waals surface area contributed by atoms with Crippen LogP contribution in [-0.4, -0.2) is 5.16 Å².